The molecule has 42 heavy (non-hydrogen) atoms. The van der Waals surface area contributed by atoms with Crippen LogP contribution < -0.4 is 9.46 Å². The Bertz CT molecular complexity index is 1530. The summed E-state index contributed by atoms with van der Waals surface area (Å²) < 4.78 is 50.1. The molecule has 2 atom stereocenters. The zero-order valence-corrected chi connectivity index (χ0v) is 25.9. The molecule has 2 aromatic rings. The smallest absolute Gasteiger partial charge is 0.266 e. The summed E-state index contributed by atoms with van der Waals surface area (Å²) in [4.78, 5) is 16.1. The third-order valence-electron chi connectivity index (χ3n) is 8.87. The van der Waals surface area contributed by atoms with Gasteiger partial charge in [-0.15, -0.1) is 5.10 Å². The van der Waals surface area contributed by atoms with Gasteiger partial charge in [0.05, 0.1) is 22.8 Å². The summed E-state index contributed by atoms with van der Waals surface area (Å²) in [5, 5.41) is 4.59. The third kappa shape index (κ3) is 6.19. The molecular weight excluding hydrogens is 555 g/mol. The van der Waals surface area contributed by atoms with Crippen LogP contribution in [0, 0.1) is 11.3 Å². The second-order valence-corrected chi connectivity index (χ2v) is 14.4. The number of sulfonamides is 1. The molecule has 1 amide bonds. The standard InChI is InChI=1S/C32H41FN4O4S/c1-22-19-31(4,5)36(20-22)28-13-11-23(2)27(37-18-15-29(34-37)41-21-32(16-17-32)24(3)33)14-12-26(28)30(38)35-42(39,40)25-9-7-6-8-10-25/h6-10,12,14-15,18,22,24H,11,13,16-17,19-21H2,1-5H3,(H,35,38)/b14-12-,27-23+,28-26-/t22-,24?/m0/s1. The van der Waals surface area contributed by atoms with Crippen LogP contribution in [-0.2, 0) is 14.8 Å². The fourth-order valence-electron chi connectivity index (χ4n) is 6.18. The molecule has 5 rings (SSSR count). The lowest BCUT2D eigenvalue weighted by Gasteiger charge is -2.37. The van der Waals surface area contributed by atoms with E-state index < -0.39 is 27.5 Å². The van der Waals surface area contributed by atoms with E-state index in [1.54, 1.807) is 48.1 Å². The molecule has 1 saturated carbocycles. The van der Waals surface area contributed by atoms with Gasteiger partial charge in [-0.2, -0.15) is 0 Å². The average molecular weight is 597 g/mol. The average Bonchev–Trinajstić information content (AvgIpc) is 3.49. The van der Waals surface area contributed by atoms with Gasteiger partial charge < -0.3 is 9.64 Å². The van der Waals surface area contributed by atoms with Gasteiger partial charge in [0.1, 0.15) is 6.17 Å². The van der Waals surface area contributed by atoms with Gasteiger partial charge in [0, 0.05) is 35.5 Å². The highest BCUT2D eigenvalue weighted by Gasteiger charge is 2.49. The topological polar surface area (TPSA) is 93.5 Å². The Kier molecular flexibility index (Phi) is 8.13. The summed E-state index contributed by atoms with van der Waals surface area (Å²) in [5.41, 5.74) is 2.39. The number of benzene rings is 1. The normalized spacial score (nSPS) is 26.7. The zero-order chi connectivity index (χ0) is 30.3. The van der Waals surface area contributed by atoms with Crippen molar-refractivity contribution in [2.75, 3.05) is 13.2 Å². The monoisotopic (exact) mass is 596 g/mol. The number of nitrogens with one attached hydrogen (secondary N) is 1. The number of aromatic nitrogens is 2. The van der Waals surface area contributed by atoms with Gasteiger partial charge in [-0.05, 0) is 95.6 Å². The van der Waals surface area contributed by atoms with E-state index in [4.69, 9.17) is 4.74 Å². The largest absolute Gasteiger partial charge is 0.476 e. The molecule has 226 valence electrons. The summed E-state index contributed by atoms with van der Waals surface area (Å²) in [6.45, 7) is 11.2. The third-order valence-corrected chi connectivity index (χ3v) is 10.2. The van der Waals surface area contributed by atoms with Crippen LogP contribution in [0.15, 0.2) is 76.5 Å². The Balaban J connectivity index is 1.46. The van der Waals surface area contributed by atoms with Crippen molar-refractivity contribution in [3.8, 4) is 5.88 Å². The van der Waals surface area contributed by atoms with Crippen molar-refractivity contribution < 1.29 is 22.3 Å². The summed E-state index contributed by atoms with van der Waals surface area (Å²) in [6, 6.07) is 9.65. The number of likely N-dealkylation sites (tertiary alicyclic amines) is 1. The first kappa shape index (κ1) is 30.1. The Hall–Kier alpha value is -3.40. The van der Waals surface area contributed by atoms with Gasteiger partial charge in [-0.25, -0.2) is 22.2 Å². The molecule has 1 N–H and O–H groups in total. The molecular formula is C32H41FN4O4S. The number of ether oxygens (including phenoxy) is 1. The molecule has 2 heterocycles. The minimum Gasteiger partial charge on any atom is -0.476 e. The van der Waals surface area contributed by atoms with Gasteiger partial charge in [-0.3, -0.25) is 4.79 Å². The van der Waals surface area contributed by atoms with E-state index in [1.807, 2.05) is 13.0 Å². The molecule has 3 aliphatic rings. The van der Waals surface area contributed by atoms with Crippen molar-refractivity contribution in [2.24, 2.45) is 11.3 Å². The highest BCUT2D eigenvalue weighted by Crippen LogP contribution is 2.50. The number of carbonyl (C=O) groups excluding carboxylic acids is 1. The van der Waals surface area contributed by atoms with Crippen molar-refractivity contribution in [3.63, 3.8) is 0 Å². The molecule has 1 saturated heterocycles. The maximum absolute atomic E-state index is 14.0. The van der Waals surface area contributed by atoms with Crippen molar-refractivity contribution in [2.45, 2.75) is 83.3 Å². The van der Waals surface area contributed by atoms with Crippen molar-refractivity contribution in [3.05, 3.63) is 71.6 Å². The molecule has 1 aliphatic heterocycles. The first-order valence-corrected chi connectivity index (χ1v) is 16.1. The number of nitrogens with zero attached hydrogens (tertiary/aromatic N) is 3. The molecule has 8 nitrogen and oxygen atoms in total. The second kappa shape index (κ2) is 11.4. The molecule has 10 heteroatoms. The maximum Gasteiger partial charge on any atom is 0.266 e. The fourth-order valence-corrected chi connectivity index (χ4v) is 7.17. The molecule has 2 fully saturated rings. The van der Waals surface area contributed by atoms with Gasteiger partial charge >= 0.3 is 0 Å². The number of rotatable bonds is 9. The van der Waals surface area contributed by atoms with Crippen LogP contribution in [-0.4, -0.2) is 53.9 Å². The number of hydrogen-bond donors (Lipinski definition) is 1. The molecule has 0 radical (unpaired) electrons. The van der Waals surface area contributed by atoms with Crippen LogP contribution in [0.5, 0.6) is 5.88 Å². The van der Waals surface area contributed by atoms with Gasteiger partial charge in [-0.1, -0.05) is 25.1 Å². The quantitative estimate of drug-likeness (QED) is 0.390. The van der Waals surface area contributed by atoms with Gasteiger partial charge in [0.15, 0.2) is 0 Å². The first-order chi connectivity index (χ1) is 19.8. The number of hydrogen-bond acceptors (Lipinski definition) is 6. The van der Waals surface area contributed by atoms with E-state index in [9.17, 15) is 17.6 Å². The predicted molar refractivity (Wildman–Crippen MR) is 161 cm³/mol. The molecule has 1 aromatic heterocycles. The number of allylic oxidation sites excluding steroid dienone is 4. The number of carbonyl (C=O) groups is 1. The molecule has 1 aromatic carbocycles. The van der Waals surface area contributed by atoms with Crippen molar-refractivity contribution in [1.82, 2.24) is 19.4 Å². The Labute approximate surface area is 248 Å². The van der Waals surface area contributed by atoms with Crippen LogP contribution in [0.4, 0.5) is 4.39 Å². The van der Waals surface area contributed by atoms with Crippen LogP contribution >= 0.6 is 0 Å². The van der Waals surface area contributed by atoms with E-state index in [2.05, 4.69) is 35.5 Å². The summed E-state index contributed by atoms with van der Waals surface area (Å²) in [6.07, 6.45) is 8.17. The fraction of sp³-hybridized carbons (Fsp3) is 0.500. The number of alkyl halides is 1. The minimum absolute atomic E-state index is 0.0288. The molecule has 1 unspecified atom stereocenters. The molecule has 0 bridgehead atoms. The SMILES string of the molecule is C/C1=C(n2ccc(OCC3(C(C)F)CC3)n2)/C=C\C(C(=O)NS(=O)(=O)c2ccccc2)=C(\N2C[C@@H](C)CC2(C)C)CC1. The Morgan fingerprint density at radius 3 is 2.50 bits per heavy atom. The summed E-state index contributed by atoms with van der Waals surface area (Å²) in [5.74, 6) is 0.177. The van der Waals surface area contributed by atoms with Crippen molar-refractivity contribution >= 4 is 21.6 Å². The highest BCUT2D eigenvalue weighted by molar-refractivity contribution is 7.90. The van der Waals surface area contributed by atoms with Crippen molar-refractivity contribution in [1.29, 1.82) is 0 Å². The highest BCUT2D eigenvalue weighted by atomic mass is 32.2. The number of amides is 1. The summed E-state index contributed by atoms with van der Waals surface area (Å²) in [7, 11) is -4.07. The van der Waals surface area contributed by atoms with E-state index in [0.29, 0.717) is 30.2 Å². The Morgan fingerprint density at radius 1 is 1.17 bits per heavy atom. The second-order valence-electron chi connectivity index (χ2n) is 12.7. The predicted octanol–water partition coefficient (Wildman–Crippen LogP) is 5.86. The maximum atomic E-state index is 14.0. The van der Waals surface area contributed by atoms with Crippen LogP contribution in [0.1, 0.15) is 66.7 Å². The van der Waals surface area contributed by atoms with Crippen LogP contribution in [0.25, 0.3) is 5.70 Å². The summed E-state index contributed by atoms with van der Waals surface area (Å²) >= 11 is 0. The van der Waals surface area contributed by atoms with Crippen LogP contribution in [0.2, 0.25) is 0 Å². The van der Waals surface area contributed by atoms with Crippen LogP contribution in [0.3, 0.4) is 0 Å². The molecule has 2 aliphatic carbocycles. The molecule has 0 spiro atoms. The van der Waals surface area contributed by atoms with E-state index >= 15 is 0 Å². The lowest BCUT2D eigenvalue weighted by molar-refractivity contribution is -0.115. The lowest BCUT2D eigenvalue weighted by atomic mass is 9.94. The Morgan fingerprint density at radius 2 is 1.88 bits per heavy atom. The van der Waals surface area contributed by atoms with E-state index in [-0.39, 0.29) is 17.0 Å². The van der Waals surface area contributed by atoms with Gasteiger partial charge in [0.25, 0.3) is 15.9 Å². The first-order valence-electron chi connectivity index (χ1n) is 14.7. The number of halogens is 1. The van der Waals surface area contributed by atoms with E-state index in [0.717, 1.165) is 42.8 Å². The van der Waals surface area contributed by atoms with E-state index in [1.165, 1.54) is 12.1 Å². The lowest BCUT2D eigenvalue weighted by Crippen LogP contribution is -2.40. The van der Waals surface area contributed by atoms with Gasteiger partial charge in [0.2, 0.25) is 5.88 Å². The minimum atomic E-state index is -4.07. The zero-order valence-electron chi connectivity index (χ0n) is 25.1.